The number of nitrogens with one attached hydrogen (secondary N) is 1. The number of fused-ring (bicyclic) bond motifs is 2. The minimum atomic E-state index is -0.149. The van der Waals surface area contributed by atoms with Crippen LogP contribution in [0.25, 0.3) is 5.65 Å². The highest BCUT2D eigenvalue weighted by Crippen LogP contribution is 2.25. The van der Waals surface area contributed by atoms with Crippen molar-refractivity contribution in [2.75, 3.05) is 0 Å². The quantitative estimate of drug-likeness (QED) is 0.769. The van der Waals surface area contributed by atoms with Crippen molar-refractivity contribution < 1.29 is 4.79 Å². The molecular formula is C21H27N5O. The van der Waals surface area contributed by atoms with Gasteiger partial charge in [-0.25, -0.2) is 9.97 Å². The molecule has 0 saturated carbocycles. The maximum atomic E-state index is 13.0. The molecule has 3 heterocycles. The van der Waals surface area contributed by atoms with Gasteiger partial charge < -0.3 is 14.3 Å². The van der Waals surface area contributed by atoms with Gasteiger partial charge in [-0.05, 0) is 65.5 Å². The fourth-order valence-corrected chi connectivity index (χ4v) is 4.22. The predicted molar refractivity (Wildman–Crippen MR) is 105 cm³/mol. The van der Waals surface area contributed by atoms with E-state index in [2.05, 4.69) is 21.8 Å². The van der Waals surface area contributed by atoms with Crippen molar-refractivity contribution >= 4 is 11.6 Å². The molecule has 3 aromatic heterocycles. The molecule has 0 saturated heterocycles. The summed E-state index contributed by atoms with van der Waals surface area (Å²) in [6, 6.07) is 3.71. The zero-order valence-corrected chi connectivity index (χ0v) is 16.5. The average molecular weight is 365 g/mol. The molecule has 0 radical (unpaired) electrons. The number of hydrogen-bond donors (Lipinski definition) is 1. The Morgan fingerprint density at radius 1 is 1.26 bits per heavy atom. The fourth-order valence-electron chi connectivity index (χ4n) is 4.22. The SMILES string of the molecule is CCn1c(C(C)NC(=O)c2ccn3c(C)cc(C)nc23)nc2c1CCCC2. The van der Waals surface area contributed by atoms with Crippen LogP contribution in [-0.2, 0) is 19.4 Å². The lowest BCUT2D eigenvalue weighted by Crippen LogP contribution is -2.29. The molecule has 6 nitrogen and oxygen atoms in total. The Bertz CT molecular complexity index is 1010. The van der Waals surface area contributed by atoms with Gasteiger partial charge in [0.15, 0.2) is 0 Å². The second-order valence-corrected chi connectivity index (χ2v) is 7.47. The van der Waals surface area contributed by atoms with Gasteiger partial charge in [-0.2, -0.15) is 0 Å². The van der Waals surface area contributed by atoms with E-state index in [9.17, 15) is 4.79 Å². The summed E-state index contributed by atoms with van der Waals surface area (Å²) >= 11 is 0. The van der Waals surface area contributed by atoms with E-state index in [0.29, 0.717) is 11.2 Å². The molecule has 27 heavy (non-hydrogen) atoms. The first-order valence-electron chi connectivity index (χ1n) is 9.84. The normalized spacial score (nSPS) is 15.0. The topological polar surface area (TPSA) is 64.2 Å². The lowest BCUT2D eigenvalue weighted by Gasteiger charge is -2.17. The van der Waals surface area contributed by atoms with Crippen molar-refractivity contribution in [2.45, 2.75) is 66.0 Å². The first kappa shape index (κ1) is 17.8. The molecule has 3 aromatic rings. The van der Waals surface area contributed by atoms with Crippen molar-refractivity contribution in [1.29, 1.82) is 0 Å². The minimum absolute atomic E-state index is 0.105. The molecule has 1 aliphatic rings. The van der Waals surface area contributed by atoms with Gasteiger partial charge in [0.25, 0.3) is 5.91 Å². The van der Waals surface area contributed by atoms with Crippen LogP contribution in [0.3, 0.4) is 0 Å². The Hall–Kier alpha value is -2.63. The number of rotatable bonds is 4. The first-order chi connectivity index (χ1) is 13.0. The van der Waals surface area contributed by atoms with Crippen LogP contribution < -0.4 is 5.32 Å². The highest BCUT2D eigenvalue weighted by Gasteiger charge is 2.24. The minimum Gasteiger partial charge on any atom is -0.342 e. The summed E-state index contributed by atoms with van der Waals surface area (Å²) in [6.07, 6.45) is 6.46. The highest BCUT2D eigenvalue weighted by molar-refractivity contribution is 6.00. The maximum absolute atomic E-state index is 13.0. The summed E-state index contributed by atoms with van der Waals surface area (Å²) in [5.74, 6) is 0.854. The van der Waals surface area contributed by atoms with Gasteiger partial charge in [-0.1, -0.05) is 0 Å². The summed E-state index contributed by atoms with van der Waals surface area (Å²) in [5.41, 5.74) is 5.85. The van der Waals surface area contributed by atoms with Crippen molar-refractivity contribution in [2.24, 2.45) is 0 Å². The largest absolute Gasteiger partial charge is 0.342 e. The van der Waals surface area contributed by atoms with Crippen molar-refractivity contribution in [3.63, 3.8) is 0 Å². The number of aryl methyl sites for hydroxylation is 3. The van der Waals surface area contributed by atoms with E-state index in [4.69, 9.17) is 4.98 Å². The zero-order valence-electron chi connectivity index (χ0n) is 16.5. The van der Waals surface area contributed by atoms with Crippen molar-refractivity contribution in [1.82, 2.24) is 24.3 Å². The molecule has 0 aromatic carbocycles. The summed E-state index contributed by atoms with van der Waals surface area (Å²) < 4.78 is 4.24. The molecule has 0 bridgehead atoms. The van der Waals surface area contributed by atoms with E-state index in [-0.39, 0.29) is 11.9 Å². The van der Waals surface area contributed by atoms with Crippen molar-refractivity contribution in [3.05, 3.63) is 52.5 Å². The maximum Gasteiger partial charge on any atom is 0.255 e. The third kappa shape index (κ3) is 3.03. The Morgan fingerprint density at radius 2 is 2.04 bits per heavy atom. The van der Waals surface area contributed by atoms with E-state index in [1.807, 2.05) is 43.5 Å². The number of hydrogen-bond acceptors (Lipinski definition) is 3. The number of carbonyl (C=O) groups excluding carboxylic acids is 1. The average Bonchev–Trinajstić information content (AvgIpc) is 3.22. The number of carbonyl (C=O) groups is 1. The highest BCUT2D eigenvalue weighted by atomic mass is 16.1. The molecule has 1 aliphatic carbocycles. The molecular weight excluding hydrogens is 338 g/mol. The summed E-state index contributed by atoms with van der Waals surface area (Å²) in [6.45, 7) is 9.01. The molecule has 4 rings (SSSR count). The van der Waals surface area contributed by atoms with Gasteiger partial charge in [-0.3, -0.25) is 4.79 Å². The van der Waals surface area contributed by atoms with E-state index in [1.165, 1.54) is 24.2 Å². The van der Waals surface area contributed by atoms with E-state index < -0.39 is 0 Å². The molecule has 142 valence electrons. The van der Waals surface area contributed by atoms with Crippen LogP contribution in [-0.4, -0.2) is 24.8 Å². The number of imidazole rings is 1. The van der Waals surface area contributed by atoms with Crippen LogP contribution in [0.2, 0.25) is 0 Å². The van der Waals surface area contributed by atoms with Crippen LogP contribution in [0.15, 0.2) is 18.3 Å². The molecule has 0 spiro atoms. The third-order valence-corrected chi connectivity index (χ3v) is 5.50. The number of aromatic nitrogens is 4. The first-order valence-corrected chi connectivity index (χ1v) is 9.84. The fraction of sp³-hybridized carbons (Fsp3) is 0.476. The third-order valence-electron chi connectivity index (χ3n) is 5.50. The van der Waals surface area contributed by atoms with Gasteiger partial charge in [-0.15, -0.1) is 0 Å². The summed E-state index contributed by atoms with van der Waals surface area (Å²) in [7, 11) is 0. The number of nitrogens with zero attached hydrogens (tertiary/aromatic N) is 4. The standard InChI is InChI=1S/C21H27N5O/c1-5-25-18-9-7-6-8-17(18)24-19(25)15(4)23-21(27)16-10-11-26-14(3)12-13(2)22-20(16)26/h10-12,15H,5-9H2,1-4H3,(H,23,27). The molecule has 1 atom stereocenters. The van der Waals surface area contributed by atoms with Crippen LogP contribution >= 0.6 is 0 Å². The van der Waals surface area contributed by atoms with Gasteiger partial charge in [0.1, 0.15) is 11.5 Å². The molecule has 1 unspecified atom stereocenters. The van der Waals surface area contributed by atoms with E-state index >= 15 is 0 Å². The second kappa shape index (κ2) is 6.83. The van der Waals surface area contributed by atoms with Gasteiger partial charge >= 0.3 is 0 Å². The van der Waals surface area contributed by atoms with Crippen LogP contribution in [0, 0.1) is 13.8 Å². The predicted octanol–water partition coefficient (Wildman–Crippen LogP) is 3.54. The second-order valence-electron chi connectivity index (χ2n) is 7.47. The van der Waals surface area contributed by atoms with Crippen LogP contribution in [0.5, 0.6) is 0 Å². The molecule has 6 heteroatoms. The molecule has 0 aliphatic heterocycles. The van der Waals surface area contributed by atoms with Gasteiger partial charge in [0.2, 0.25) is 0 Å². The van der Waals surface area contributed by atoms with E-state index in [1.54, 1.807) is 0 Å². The Labute approximate surface area is 159 Å². The van der Waals surface area contributed by atoms with Crippen LogP contribution in [0.1, 0.15) is 71.7 Å². The monoisotopic (exact) mass is 365 g/mol. The van der Waals surface area contributed by atoms with Crippen molar-refractivity contribution in [3.8, 4) is 0 Å². The zero-order chi connectivity index (χ0) is 19.1. The number of amides is 1. The lowest BCUT2D eigenvalue weighted by atomic mass is 10.0. The molecule has 1 amide bonds. The Morgan fingerprint density at radius 3 is 2.81 bits per heavy atom. The van der Waals surface area contributed by atoms with Gasteiger partial charge in [0.05, 0.1) is 17.3 Å². The Kier molecular flexibility index (Phi) is 4.50. The molecule has 1 N–H and O–H groups in total. The smallest absolute Gasteiger partial charge is 0.255 e. The summed E-state index contributed by atoms with van der Waals surface area (Å²) in [4.78, 5) is 22.4. The Balaban J connectivity index is 1.63. The van der Waals surface area contributed by atoms with Gasteiger partial charge in [0, 0.05) is 29.8 Å². The van der Waals surface area contributed by atoms with Crippen LogP contribution in [0.4, 0.5) is 0 Å². The lowest BCUT2D eigenvalue weighted by molar-refractivity contribution is 0.0939. The van der Waals surface area contributed by atoms with E-state index in [0.717, 1.165) is 36.6 Å². The summed E-state index contributed by atoms with van der Waals surface area (Å²) in [5, 5.41) is 3.14. The molecule has 0 fully saturated rings.